The number of ether oxygens (including phenoxy) is 1. The lowest BCUT2D eigenvalue weighted by Crippen LogP contribution is -2.43. The summed E-state index contributed by atoms with van der Waals surface area (Å²) in [6.45, 7) is 2.32. The maximum atomic E-state index is 12.1. The number of benzene rings is 1. The number of hydrogen-bond donors (Lipinski definition) is 1. The van der Waals surface area contributed by atoms with Crippen LogP contribution in [0.5, 0.6) is 5.75 Å². The van der Waals surface area contributed by atoms with Crippen LogP contribution in [0, 0.1) is 0 Å². The molecule has 1 unspecified atom stereocenters. The lowest BCUT2D eigenvalue weighted by atomic mass is 10.0. The predicted molar refractivity (Wildman–Crippen MR) is 100 cm³/mol. The van der Waals surface area contributed by atoms with Crippen LogP contribution in [-0.2, 0) is 6.54 Å². The summed E-state index contributed by atoms with van der Waals surface area (Å²) in [6.07, 6.45) is 2.50. The number of pyridine rings is 1. The SMILES string of the molecule is CN(Cc1ccc(OCCF)cc1)CC1(O)CCN(c2ccccn2)C1. The molecule has 1 atom stereocenters. The summed E-state index contributed by atoms with van der Waals surface area (Å²) in [7, 11) is 2.01. The average Bonchev–Trinajstić information content (AvgIpc) is 3.03. The Hall–Kier alpha value is -2.18. The first kappa shape index (κ1) is 18.6. The van der Waals surface area contributed by atoms with Crippen molar-refractivity contribution in [3.8, 4) is 5.75 Å². The lowest BCUT2D eigenvalue weighted by molar-refractivity contribution is 0.0279. The van der Waals surface area contributed by atoms with Crippen molar-refractivity contribution >= 4 is 5.82 Å². The Kier molecular flexibility index (Phi) is 6.06. The van der Waals surface area contributed by atoms with Crippen LogP contribution in [0.4, 0.5) is 10.2 Å². The zero-order valence-corrected chi connectivity index (χ0v) is 15.1. The fraction of sp³-hybridized carbons (Fsp3) is 0.450. The third kappa shape index (κ3) is 4.93. The van der Waals surface area contributed by atoms with Crippen molar-refractivity contribution in [1.29, 1.82) is 0 Å². The highest BCUT2D eigenvalue weighted by Crippen LogP contribution is 2.26. The van der Waals surface area contributed by atoms with Gasteiger partial charge in [-0.1, -0.05) is 18.2 Å². The Morgan fingerprint density at radius 1 is 1.27 bits per heavy atom. The van der Waals surface area contributed by atoms with Gasteiger partial charge in [0.1, 0.15) is 24.8 Å². The van der Waals surface area contributed by atoms with E-state index < -0.39 is 12.3 Å². The van der Waals surface area contributed by atoms with E-state index >= 15 is 0 Å². The topological polar surface area (TPSA) is 48.8 Å². The minimum Gasteiger partial charge on any atom is -0.491 e. The van der Waals surface area contributed by atoms with E-state index in [2.05, 4.69) is 14.8 Å². The van der Waals surface area contributed by atoms with Gasteiger partial charge in [-0.2, -0.15) is 0 Å². The maximum Gasteiger partial charge on any atom is 0.128 e. The van der Waals surface area contributed by atoms with Gasteiger partial charge in [-0.3, -0.25) is 4.90 Å². The summed E-state index contributed by atoms with van der Waals surface area (Å²) in [5, 5.41) is 10.9. The molecule has 1 aliphatic rings. The molecule has 1 saturated heterocycles. The Balaban J connectivity index is 1.52. The molecule has 1 N–H and O–H groups in total. The van der Waals surface area contributed by atoms with E-state index in [-0.39, 0.29) is 6.61 Å². The number of halogens is 1. The lowest BCUT2D eigenvalue weighted by Gasteiger charge is -2.29. The molecule has 6 heteroatoms. The standard InChI is InChI=1S/C20H26FN3O2/c1-23(14-17-5-7-18(8-6-17)26-13-10-21)15-20(25)9-12-24(16-20)19-4-2-3-11-22-19/h2-8,11,25H,9-10,12-16H2,1H3. The number of likely N-dealkylation sites (N-methyl/N-ethyl adjacent to an activating group) is 1. The van der Waals surface area contributed by atoms with Crippen molar-refractivity contribution in [2.45, 2.75) is 18.6 Å². The van der Waals surface area contributed by atoms with Crippen molar-refractivity contribution in [2.75, 3.05) is 44.9 Å². The van der Waals surface area contributed by atoms with Gasteiger partial charge in [-0.25, -0.2) is 9.37 Å². The van der Waals surface area contributed by atoms with E-state index in [9.17, 15) is 9.50 Å². The van der Waals surface area contributed by atoms with Crippen LogP contribution in [0.15, 0.2) is 48.7 Å². The first-order chi connectivity index (χ1) is 12.6. The number of aliphatic hydroxyl groups is 1. The summed E-state index contributed by atoms with van der Waals surface area (Å²) in [5.41, 5.74) is 0.388. The van der Waals surface area contributed by atoms with Crippen molar-refractivity contribution in [3.63, 3.8) is 0 Å². The monoisotopic (exact) mass is 359 g/mol. The molecule has 26 heavy (non-hydrogen) atoms. The molecule has 0 amide bonds. The van der Waals surface area contributed by atoms with Crippen LogP contribution in [0.1, 0.15) is 12.0 Å². The molecule has 1 fully saturated rings. The minimum absolute atomic E-state index is 0.0824. The Morgan fingerprint density at radius 3 is 2.77 bits per heavy atom. The number of nitrogens with zero attached hydrogens (tertiary/aromatic N) is 3. The molecule has 1 aromatic heterocycles. The van der Waals surface area contributed by atoms with Crippen LogP contribution in [-0.4, -0.2) is 60.6 Å². The largest absolute Gasteiger partial charge is 0.491 e. The molecule has 2 aromatic rings. The second kappa shape index (κ2) is 8.47. The molecule has 1 aromatic carbocycles. The Morgan fingerprint density at radius 2 is 2.08 bits per heavy atom. The van der Waals surface area contributed by atoms with Crippen molar-refractivity contribution in [1.82, 2.24) is 9.88 Å². The first-order valence-electron chi connectivity index (χ1n) is 8.93. The second-order valence-corrected chi connectivity index (χ2v) is 6.94. The molecule has 0 radical (unpaired) electrons. The van der Waals surface area contributed by atoms with Crippen LogP contribution < -0.4 is 9.64 Å². The predicted octanol–water partition coefficient (Wildman–Crippen LogP) is 2.50. The van der Waals surface area contributed by atoms with E-state index in [1.54, 1.807) is 6.20 Å². The van der Waals surface area contributed by atoms with Gasteiger partial charge in [0, 0.05) is 32.4 Å². The van der Waals surface area contributed by atoms with Crippen molar-refractivity contribution < 1.29 is 14.2 Å². The van der Waals surface area contributed by atoms with Gasteiger partial charge in [-0.05, 0) is 43.3 Å². The maximum absolute atomic E-state index is 12.1. The van der Waals surface area contributed by atoms with Gasteiger partial charge >= 0.3 is 0 Å². The highest BCUT2D eigenvalue weighted by molar-refractivity contribution is 5.40. The van der Waals surface area contributed by atoms with E-state index in [0.29, 0.717) is 18.8 Å². The van der Waals surface area contributed by atoms with Crippen LogP contribution in [0.3, 0.4) is 0 Å². The van der Waals surface area contributed by atoms with Crippen LogP contribution in [0.2, 0.25) is 0 Å². The van der Waals surface area contributed by atoms with Gasteiger partial charge in [0.05, 0.1) is 5.60 Å². The smallest absolute Gasteiger partial charge is 0.128 e. The van der Waals surface area contributed by atoms with E-state index in [0.717, 1.165) is 30.9 Å². The molecule has 0 saturated carbocycles. The fourth-order valence-electron chi connectivity index (χ4n) is 3.44. The summed E-state index contributed by atoms with van der Waals surface area (Å²) < 4.78 is 17.4. The number of β-amino-alcohol motifs (C(OH)–C–C–N with tert-alkyl or cyclic N) is 1. The molecular weight excluding hydrogens is 333 g/mol. The highest BCUT2D eigenvalue weighted by atomic mass is 19.1. The van der Waals surface area contributed by atoms with Crippen molar-refractivity contribution in [2.24, 2.45) is 0 Å². The van der Waals surface area contributed by atoms with Crippen molar-refractivity contribution in [3.05, 3.63) is 54.2 Å². The molecule has 0 bridgehead atoms. The first-order valence-corrected chi connectivity index (χ1v) is 8.93. The molecule has 2 heterocycles. The number of anilines is 1. The Labute approximate surface area is 154 Å². The Bertz CT molecular complexity index is 683. The molecule has 5 nitrogen and oxygen atoms in total. The van der Waals surface area contributed by atoms with Gasteiger partial charge in [-0.15, -0.1) is 0 Å². The summed E-state index contributed by atoms with van der Waals surface area (Å²) in [5.74, 6) is 1.59. The van der Waals surface area contributed by atoms with E-state index in [4.69, 9.17) is 4.74 Å². The van der Waals surface area contributed by atoms with Gasteiger partial charge in [0.2, 0.25) is 0 Å². The fourth-order valence-corrected chi connectivity index (χ4v) is 3.44. The quantitative estimate of drug-likeness (QED) is 0.785. The number of hydrogen-bond acceptors (Lipinski definition) is 5. The van der Waals surface area contributed by atoms with Gasteiger partial charge in [0.15, 0.2) is 0 Å². The molecule has 0 aliphatic carbocycles. The summed E-state index contributed by atoms with van der Waals surface area (Å²) in [6, 6.07) is 13.5. The summed E-state index contributed by atoms with van der Waals surface area (Å²) >= 11 is 0. The van der Waals surface area contributed by atoms with E-state index in [1.807, 2.05) is 49.5 Å². The third-order valence-electron chi connectivity index (χ3n) is 4.59. The molecule has 0 spiro atoms. The van der Waals surface area contributed by atoms with Gasteiger partial charge in [0.25, 0.3) is 0 Å². The number of aromatic nitrogens is 1. The summed E-state index contributed by atoms with van der Waals surface area (Å²) in [4.78, 5) is 8.62. The van der Waals surface area contributed by atoms with Gasteiger partial charge < -0.3 is 14.7 Å². The zero-order valence-electron chi connectivity index (χ0n) is 15.1. The minimum atomic E-state index is -0.740. The highest BCUT2D eigenvalue weighted by Gasteiger charge is 2.37. The zero-order chi connectivity index (χ0) is 18.4. The van der Waals surface area contributed by atoms with Crippen LogP contribution >= 0.6 is 0 Å². The van der Waals surface area contributed by atoms with Crippen LogP contribution in [0.25, 0.3) is 0 Å². The second-order valence-electron chi connectivity index (χ2n) is 6.94. The number of rotatable bonds is 8. The van der Waals surface area contributed by atoms with E-state index in [1.165, 1.54) is 0 Å². The normalized spacial score (nSPS) is 19.9. The third-order valence-corrected chi connectivity index (χ3v) is 4.59. The molecule has 1 aliphatic heterocycles. The average molecular weight is 359 g/mol. The molecule has 140 valence electrons. The molecular formula is C20H26FN3O2. The number of alkyl halides is 1. The molecule has 3 rings (SSSR count).